The van der Waals surface area contributed by atoms with Crippen LogP contribution in [0.1, 0.15) is 58.8 Å². The van der Waals surface area contributed by atoms with Crippen molar-refractivity contribution in [2.24, 2.45) is 5.41 Å². The molecule has 0 aromatic heterocycles. The largest absolute Gasteiger partial charge is 0.335 e. The molecule has 0 spiro atoms. The van der Waals surface area contributed by atoms with Crippen LogP contribution in [0.2, 0.25) is 0 Å². The SMILES string of the molecule is CCC1(CC)CCN(C(=O)NC2CCC2)CC1. The molecular weight excluding hydrogens is 212 g/mol. The fourth-order valence-electron chi connectivity index (χ4n) is 2.96. The Morgan fingerprint density at radius 2 is 1.82 bits per heavy atom. The molecule has 98 valence electrons. The number of nitrogens with one attached hydrogen (secondary N) is 1. The van der Waals surface area contributed by atoms with E-state index in [1.807, 2.05) is 4.90 Å². The van der Waals surface area contributed by atoms with E-state index in [1.54, 1.807) is 0 Å². The number of carbonyl (C=O) groups is 1. The maximum atomic E-state index is 12.0. The summed E-state index contributed by atoms with van der Waals surface area (Å²) in [6, 6.07) is 0.641. The molecule has 0 bridgehead atoms. The predicted molar refractivity (Wildman–Crippen MR) is 70.0 cm³/mol. The van der Waals surface area contributed by atoms with Crippen LogP contribution in [-0.4, -0.2) is 30.1 Å². The molecule has 1 aliphatic heterocycles. The van der Waals surface area contributed by atoms with Gasteiger partial charge in [-0.1, -0.05) is 26.7 Å². The number of rotatable bonds is 3. The van der Waals surface area contributed by atoms with Gasteiger partial charge in [0.15, 0.2) is 0 Å². The van der Waals surface area contributed by atoms with Crippen LogP contribution in [0.5, 0.6) is 0 Å². The van der Waals surface area contributed by atoms with Crippen molar-refractivity contribution in [3.8, 4) is 0 Å². The number of piperidine rings is 1. The number of carbonyl (C=O) groups excluding carboxylic acids is 1. The van der Waals surface area contributed by atoms with Gasteiger partial charge in [-0.15, -0.1) is 0 Å². The highest BCUT2D eigenvalue weighted by atomic mass is 16.2. The highest BCUT2D eigenvalue weighted by Crippen LogP contribution is 2.37. The fraction of sp³-hybridized carbons (Fsp3) is 0.929. The second-order valence-electron chi connectivity index (χ2n) is 5.77. The Balaban J connectivity index is 1.79. The molecule has 1 saturated carbocycles. The van der Waals surface area contributed by atoms with Gasteiger partial charge in [0.1, 0.15) is 0 Å². The van der Waals surface area contributed by atoms with E-state index in [-0.39, 0.29) is 6.03 Å². The van der Waals surface area contributed by atoms with Gasteiger partial charge >= 0.3 is 6.03 Å². The molecule has 0 radical (unpaired) electrons. The van der Waals surface area contributed by atoms with Gasteiger partial charge in [-0.3, -0.25) is 0 Å². The minimum Gasteiger partial charge on any atom is -0.335 e. The molecule has 2 fully saturated rings. The topological polar surface area (TPSA) is 32.3 Å². The molecule has 1 saturated heterocycles. The molecule has 1 aliphatic carbocycles. The van der Waals surface area contributed by atoms with E-state index >= 15 is 0 Å². The average molecular weight is 238 g/mol. The second-order valence-corrected chi connectivity index (χ2v) is 5.77. The van der Waals surface area contributed by atoms with Crippen molar-refractivity contribution in [2.75, 3.05) is 13.1 Å². The van der Waals surface area contributed by atoms with Crippen LogP contribution in [0, 0.1) is 5.41 Å². The zero-order valence-corrected chi connectivity index (χ0v) is 11.3. The van der Waals surface area contributed by atoms with Gasteiger partial charge in [-0.05, 0) is 37.5 Å². The van der Waals surface area contributed by atoms with Crippen molar-refractivity contribution in [1.82, 2.24) is 10.2 Å². The van der Waals surface area contributed by atoms with Crippen LogP contribution in [0.25, 0.3) is 0 Å². The molecule has 0 atom stereocenters. The van der Waals surface area contributed by atoms with Crippen LogP contribution in [0.15, 0.2) is 0 Å². The average Bonchev–Trinajstić information content (AvgIpc) is 2.33. The minimum absolute atomic E-state index is 0.176. The first-order chi connectivity index (χ1) is 8.19. The second kappa shape index (κ2) is 5.28. The van der Waals surface area contributed by atoms with E-state index in [1.165, 1.54) is 44.9 Å². The molecule has 0 unspecified atom stereocenters. The van der Waals surface area contributed by atoms with Crippen LogP contribution < -0.4 is 5.32 Å². The summed E-state index contributed by atoms with van der Waals surface area (Å²) in [6.07, 6.45) is 8.49. The van der Waals surface area contributed by atoms with E-state index in [9.17, 15) is 4.79 Å². The van der Waals surface area contributed by atoms with E-state index < -0.39 is 0 Å². The number of nitrogens with zero attached hydrogens (tertiary/aromatic N) is 1. The quantitative estimate of drug-likeness (QED) is 0.805. The van der Waals surface area contributed by atoms with Crippen LogP contribution >= 0.6 is 0 Å². The van der Waals surface area contributed by atoms with E-state index in [2.05, 4.69) is 19.2 Å². The molecule has 1 heterocycles. The summed E-state index contributed by atoms with van der Waals surface area (Å²) in [6.45, 7) is 6.46. The lowest BCUT2D eigenvalue weighted by Gasteiger charge is -2.41. The lowest BCUT2D eigenvalue weighted by Crippen LogP contribution is -2.51. The third-order valence-electron chi connectivity index (χ3n) is 5.04. The number of urea groups is 1. The van der Waals surface area contributed by atoms with Gasteiger partial charge in [0, 0.05) is 19.1 Å². The summed E-state index contributed by atoms with van der Waals surface area (Å²) < 4.78 is 0. The molecule has 2 amide bonds. The summed E-state index contributed by atoms with van der Waals surface area (Å²) >= 11 is 0. The first-order valence-electron chi connectivity index (χ1n) is 7.24. The van der Waals surface area contributed by atoms with Gasteiger partial charge in [0.05, 0.1) is 0 Å². The molecule has 0 aromatic carbocycles. The third kappa shape index (κ3) is 2.75. The third-order valence-corrected chi connectivity index (χ3v) is 5.04. The Kier molecular flexibility index (Phi) is 3.95. The zero-order chi connectivity index (χ0) is 12.3. The standard InChI is InChI=1S/C14H26N2O/c1-3-14(4-2)8-10-16(11-9-14)13(17)15-12-6-5-7-12/h12H,3-11H2,1-2H3,(H,15,17). The highest BCUT2D eigenvalue weighted by molar-refractivity contribution is 5.74. The normalized spacial score (nSPS) is 24.2. The first-order valence-corrected chi connectivity index (χ1v) is 7.24. The van der Waals surface area contributed by atoms with Gasteiger partial charge in [-0.2, -0.15) is 0 Å². The van der Waals surface area contributed by atoms with E-state index in [0.717, 1.165) is 13.1 Å². The van der Waals surface area contributed by atoms with Gasteiger partial charge in [0.25, 0.3) is 0 Å². The maximum absolute atomic E-state index is 12.0. The van der Waals surface area contributed by atoms with Crippen molar-refractivity contribution in [3.63, 3.8) is 0 Å². The summed E-state index contributed by atoms with van der Waals surface area (Å²) in [7, 11) is 0. The highest BCUT2D eigenvalue weighted by Gasteiger charge is 2.33. The summed E-state index contributed by atoms with van der Waals surface area (Å²) in [5.41, 5.74) is 0.507. The van der Waals surface area contributed by atoms with Crippen molar-refractivity contribution >= 4 is 6.03 Å². The van der Waals surface area contributed by atoms with Gasteiger partial charge < -0.3 is 10.2 Å². The molecule has 2 aliphatic rings. The smallest absolute Gasteiger partial charge is 0.317 e. The Morgan fingerprint density at radius 1 is 1.24 bits per heavy atom. The molecule has 0 aromatic rings. The summed E-state index contributed by atoms with van der Waals surface area (Å²) in [5, 5.41) is 3.14. The van der Waals surface area contributed by atoms with E-state index in [0.29, 0.717) is 11.5 Å². The monoisotopic (exact) mass is 238 g/mol. The predicted octanol–water partition coefficient (Wildman–Crippen LogP) is 3.15. The lowest BCUT2D eigenvalue weighted by atomic mass is 9.74. The first kappa shape index (κ1) is 12.7. The summed E-state index contributed by atoms with van der Waals surface area (Å²) in [4.78, 5) is 14.0. The number of hydrogen-bond donors (Lipinski definition) is 1. The minimum atomic E-state index is 0.176. The number of hydrogen-bond acceptors (Lipinski definition) is 1. The van der Waals surface area contributed by atoms with Crippen molar-refractivity contribution in [3.05, 3.63) is 0 Å². The zero-order valence-electron chi connectivity index (χ0n) is 11.3. The Morgan fingerprint density at radius 3 is 2.24 bits per heavy atom. The number of likely N-dealkylation sites (tertiary alicyclic amines) is 1. The summed E-state index contributed by atoms with van der Waals surface area (Å²) in [5.74, 6) is 0. The van der Waals surface area contributed by atoms with Crippen molar-refractivity contribution < 1.29 is 4.79 Å². The van der Waals surface area contributed by atoms with Crippen molar-refractivity contribution in [1.29, 1.82) is 0 Å². The molecule has 2 rings (SSSR count). The molecular formula is C14H26N2O. The van der Waals surface area contributed by atoms with Gasteiger partial charge in [0.2, 0.25) is 0 Å². The van der Waals surface area contributed by atoms with Crippen molar-refractivity contribution in [2.45, 2.75) is 64.8 Å². The molecule has 17 heavy (non-hydrogen) atoms. The van der Waals surface area contributed by atoms with Crippen LogP contribution in [0.4, 0.5) is 4.79 Å². The maximum Gasteiger partial charge on any atom is 0.317 e. The lowest BCUT2D eigenvalue weighted by molar-refractivity contribution is 0.105. The number of amides is 2. The molecule has 1 N–H and O–H groups in total. The Labute approximate surface area is 105 Å². The molecule has 3 nitrogen and oxygen atoms in total. The van der Waals surface area contributed by atoms with Gasteiger partial charge in [-0.25, -0.2) is 4.79 Å². The van der Waals surface area contributed by atoms with Crippen LogP contribution in [-0.2, 0) is 0 Å². The van der Waals surface area contributed by atoms with E-state index in [4.69, 9.17) is 0 Å². The Bertz CT molecular complexity index is 259. The Hall–Kier alpha value is -0.730. The molecule has 3 heteroatoms. The van der Waals surface area contributed by atoms with Crippen LogP contribution in [0.3, 0.4) is 0 Å². The fourth-order valence-corrected chi connectivity index (χ4v) is 2.96.